The van der Waals surface area contributed by atoms with E-state index < -0.39 is 35.4 Å². The lowest BCUT2D eigenvalue weighted by molar-refractivity contribution is -0.158. The van der Waals surface area contributed by atoms with Crippen LogP contribution in [0.1, 0.15) is 64.5 Å². The Morgan fingerprint density at radius 3 is 2.33 bits per heavy atom. The summed E-state index contributed by atoms with van der Waals surface area (Å²) in [6.45, 7) is 11.6. The van der Waals surface area contributed by atoms with Crippen LogP contribution in [0, 0.1) is 11.8 Å². The van der Waals surface area contributed by atoms with Crippen LogP contribution < -0.4 is 4.74 Å². The van der Waals surface area contributed by atoms with Crippen molar-refractivity contribution in [2.75, 3.05) is 13.2 Å². The fraction of sp³-hybridized carbons (Fsp3) is 0.471. The van der Waals surface area contributed by atoms with E-state index in [1.165, 1.54) is 0 Å². The predicted molar refractivity (Wildman–Crippen MR) is 160 cm³/mol. The van der Waals surface area contributed by atoms with E-state index in [2.05, 4.69) is 6.58 Å². The number of carbonyl (C=O) groups excluding carboxylic acids is 4. The van der Waals surface area contributed by atoms with Gasteiger partial charge >= 0.3 is 11.9 Å². The third-order valence-corrected chi connectivity index (χ3v) is 7.00. The first kappa shape index (κ1) is 32.6. The molecule has 0 unspecified atom stereocenters. The predicted octanol–water partition coefficient (Wildman–Crippen LogP) is 5.47. The minimum Gasteiger partial charge on any atom is -0.490 e. The van der Waals surface area contributed by atoms with E-state index in [1.807, 2.05) is 54.6 Å². The maximum absolute atomic E-state index is 13.6. The number of likely N-dealkylation sites (tertiary alicyclic amines) is 1. The van der Waals surface area contributed by atoms with Crippen LogP contribution in [0.2, 0.25) is 0 Å². The van der Waals surface area contributed by atoms with Crippen molar-refractivity contribution < 1.29 is 33.4 Å². The van der Waals surface area contributed by atoms with Gasteiger partial charge in [0.05, 0.1) is 18.4 Å². The second kappa shape index (κ2) is 15.3. The number of carbonyl (C=O) groups is 4. The smallest absolute Gasteiger partial charge is 0.310 e. The quantitative estimate of drug-likeness (QED) is 0.217. The largest absolute Gasteiger partial charge is 0.490 e. The molecule has 1 aliphatic heterocycles. The van der Waals surface area contributed by atoms with E-state index in [0.717, 1.165) is 11.1 Å². The average molecular weight is 578 g/mol. The molecule has 1 fully saturated rings. The number of benzene rings is 2. The lowest BCUT2D eigenvalue weighted by Gasteiger charge is -2.28. The van der Waals surface area contributed by atoms with Gasteiger partial charge in [-0.2, -0.15) is 0 Å². The highest BCUT2D eigenvalue weighted by Gasteiger charge is 2.38. The van der Waals surface area contributed by atoms with Crippen LogP contribution in [0.4, 0.5) is 0 Å². The minimum absolute atomic E-state index is 0.0583. The zero-order valence-corrected chi connectivity index (χ0v) is 25.2. The van der Waals surface area contributed by atoms with E-state index in [-0.39, 0.29) is 31.1 Å². The molecule has 8 heteroatoms. The Hall–Kier alpha value is -3.94. The molecule has 2 aromatic rings. The molecule has 8 nitrogen and oxygen atoms in total. The van der Waals surface area contributed by atoms with Gasteiger partial charge in [0.15, 0.2) is 5.78 Å². The monoisotopic (exact) mass is 577 g/mol. The summed E-state index contributed by atoms with van der Waals surface area (Å²) >= 11 is 0. The van der Waals surface area contributed by atoms with Crippen molar-refractivity contribution >= 4 is 23.6 Å². The summed E-state index contributed by atoms with van der Waals surface area (Å²) in [5, 5.41) is 0. The topological polar surface area (TPSA) is 99.2 Å². The van der Waals surface area contributed by atoms with E-state index in [4.69, 9.17) is 14.2 Å². The van der Waals surface area contributed by atoms with Gasteiger partial charge in [0.1, 0.15) is 24.6 Å². The van der Waals surface area contributed by atoms with Gasteiger partial charge < -0.3 is 19.1 Å². The summed E-state index contributed by atoms with van der Waals surface area (Å²) in [4.78, 5) is 54.1. The van der Waals surface area contributed by atoms with Crippen molar-refractivity contribution in [3.05, 3.63) is 78.4 Å². The summed E-state index contributed by atoms with van der Waals surface area (Å²) in [6, 6.07) is 16.1. The molecule has 0 aromatic heterocycles. The molecule has 3 atom stereocenters. The van der Waals surface area contributed by atoms with Gasteiger partial charge in [0.2, 0.25) is 5.91 Å². The molecule has 0 aliphatic carbocycles. The normalized spacial score (nSPS) is 16.3. The summed E-state index contributed by atoms with van der Waals surface area (Å²) in [7, 11) is 0. The van der Waals surface area contributed by atoms with Gasteiger partial charge in [-0.25, -0.2) is 0 Å². The fourth-order valence-electron chi connectivity index (χ4n) is 4.99. The lowest BCUT2D eigenvalue weighted by Crippen LogP contribution is -2.44. The molecule has 226 valence electrons. The van der Waals surface area contributed by atoms with Crippen LogP contribution in [-0.4, -0.2) is 53.3 Å². The van der Waals surface area contributed by atoms with Gasteiger partial charge in [-0.3, -0.25) is 19.2 Å². The van der Waals surface area contributed by atoms with Crippen molar-refractivity contribution in [2.45, 2.75) is 78.0 Å². The number of esters is 2. The Balaban J connectivity index is 1.70. The summed E-state index contributed by atoms with van der Waals surface area (Å²) < 4.78 is 16.6. The third kappa shape index (κ3) is 10.2. The molecule has 1 amide bonds. The second-order valence-corrected chi connectivity index (χ2v) is 11.8. The number of ether oxygens (including phenoxy) is 3. The molecule has 42 heavy (non-hydrogen) atoms. The molecule has 0 bridgehead atoms. The lowest BCUT2D eigenvalue weighted by atomic mass is 9.91. The van der Waals surface area contributed by atoms with E-state index >= 15 is 0 Å². The van der Waals surface area contributed by atoms with E-state index in [9.17, 15) is 19.2 Å². The van der Waals surface area contributed by atoms with Crippen LogP contribution in [0.25, 0.3) is 0 Å². The van der Waals surface area contributed by atoms with Crippen LogP contribution in [0.15, 0.2) is 67.3 Å². The number of amides is 1. The van der Waals surface area contributed by atoms with Gasteiger partial charge in [-0.1, -0.05) is 62.0 Å². The molecule has 0 radical (unpaired) electrons. The maximum atomic E-state index is 13.6. The SMILES string of the molecule is C=CCOc1ccc(C[C@H](CC(=O)[C@@H]2CCCN2C(=O)[C@H](C)CC(=O)OC(C)(C)C)C(=O)OCc2ccccc2)cc1. The Morgan fingerprint density at radius 1 is 1.00 bits per heavy atom. The number of nitrogens with zero attached hydrogens (tertiary/aromatic N) is 1. The highest BCUT2D eigenvalue weighted by Crippen LogP contribution is 2.26. The molecule has 2 aromatic carbocycles. The molecule has 3 rings (SSSR count). The van der Waals surface area contributed by atoms with Gasteiger partial charge in [0.25, 0.3) is 0 Å². The van der Waals surface area contributed by atoms with Crippen molar-refractivity contribution in [3.8, 4) is 5.75 Å². The number of hydrogen-bond donors (Lipinski definition) is 0. The van der Waals surface area contributed by atoms with Crippen molar-refractivity contribution in [2.24, 2.45) is 11.8 Å². The Labute approximate surface area is 249 Å². The summed E-state index contributed by atoms with van der Waals surface area (Å²) in [5.41, 5.74) is 1.07. The van der Waals surface area contributed by atoms with Crippen LogP contribution in [0.5, 0.6) is 5.75 Å². The number of rotatable bonds is 14. The zero-order chi connectivity index (χ0) is 30.7. The maximum Gasteiger partial charge on any atom is 0.310 e. The average Bonchev–Trinajstić information content (AvgIpc) is 3.44. The first-order valence-electron chi connectivity index (χ1n) is 14.5. The van der Waals surface area contributed by atoms with Gasteiger partial charge in [-0.05, 0) is 63.3 Å². The highest BCUT2D eigenvalue weighted by atomic mass is 16.6. The molecule has 0 spiro atoms. The molecule has 0 N–H and O–H groups in total. The Morgan fingerprint density at radius 2 is 1.69 bits per heavy atom. The number of ketones is 1. The molecule has 0 saturated carbocycles. The summed E-state index contributed by atoms with van der Waals surface area (Å²) in [6.07, 6.45) is 3.04. The Bertz CT molecular complexity index is 1220. The van der Waals surface area contributed by atoms with Crippen molar-refractivity contribution in [1.82, 2.24) is 4.90 Å². The third-order valence-electron chi connectivity index (χ3n) is 7.00. The highest BCUT2D eigenvalue weighted by molar-refractivity contribution is 5.93. The standard InChI is InChI=1S/C34H43NO7/c1-6-19-40-28-16-14-25(15-17-28)21-27(33(39)41-23-26-11-8-7-9-12-26)22-30(36)29-13-10-18-35(29)32(38)24(2)20-31(37)42-34(3,4)5/h6-9,11-12,14-17,24,27,29H,1,10,13,18-23H2,2-5H3/t24-,27-,29+/m1/s1. The van der Waals surface area contributed by atoms with Gasteiger partial charge in [-0.15, -0.1) is 0 Å². The van der Waals surface area contributed by atoms with Crippen molar-refractivity contribution in [1.29, 1.82) is 0 Å². The number of hydrogen-bond acceptors (Lipinski definition) is 7. The van der Waals surface area contributed by atoms with Crippen LogP contribution in [-0.2, 0) is 41.7 Å². The minimum atomic E-state index is -0.724. The van der Waals surface area contributed by atoms with E-state index in [1.54, 1.807) is 38.7 Å². The number of Topliss-reactive ketones (excluding diaryl/α,β-unsaturated/α-hetero) is 1. The second-order valence-electron chi connectivity index (χ2n) is 11.8. The van der Waals surface area contributed by atoms with Gasteiger partial charge in [0, 0.05) is 18.9 Å². The van der Waals surface area contributed by atoms with E-state index in [0.29, 0.717) is 38.2 Å². The van der Waals surface area contributed by atoms with Crippen molar-refractivity contribution in [3.63, 3.8) is 0 Å². The van der Waals surface area contributed by atoms with Crippen LogP contribution in [0.3, 0.4) is 0 Å². The molecular weight excluding hydrogens is 534 g/mol. The Kier molecular flexibility index (Phi) is 11.9. The molecule has 1 saturated heterocycles. The molecule has 1 heterocycles. The first-order valence-corrected chi connectivity index (χ1v) is 14.5. The zero-order valence-electron chi connectivity index (χ0n) is 25.2. The summed E-state index contributed by atoms with van der Waals surface area (Å²) in [5.74, 6) is -2.02. The molecule has 1 aliphatic rings. The molecular formula is C34H43NO7. The van der Waals surface area contributed by atoms with Crippen LogP contribution >= 0.6 is 0 Å². The first-order chi connectivity index (χ1) is 20.0. The fourth-order valence-corrected chi connectivity index (χ4v) is 4.99.